The minimum absolute atomic E-state index is 0.118. The number of aromatic nitrogens is 2. The molecule has 0 aliphatic heterocycles. The Bertz CT molecular complexity index is 1120. The molecule has 5 nitrogen and oxygen atoms in total. The lowest BCUT2D eigenvalue weighted by molar-refractivity contribution is -0.116. The van der Waals surface area contributed by atoms with Crippen LogP contribution in [0.25, 0.3) is 10.2 Å². The maximum Gasteiger partial charge on any atom is 0.263 e. The van der Waals surface area contributed by atoms with E-state index >= 15 is 0 Å². The van der Waals surface area contributed by atoms with Crippen molar-refractivity contribution in [1.29, 1.82) is 0 Å². The molecule has 0 bridgehead atoms. The Labute approximate surface area is 167 Å². The van der Waals surface area contributed by atoms with Crippen molar-refractivity contribution in [2.24, 2.45) is 0 Å². The highest BCUT2D eigenvalue weighted by molar-refractivity contribution is 7.71. The molecule has 0 saturated heterocycles. The van der Waals surface area contributed by atoms with E-state index in [0.717, 1.165) is 32.9 Å². The van der Waals surface area contributed by atoms with Gasteiger partial charge in [0.1, 0.15) is 11.4 Å². The average Bonchev–Trinajstić information content (AvgIpc) is 3.03. The van der Waals surface area contributed by atoms with Gasteiger partial charge in [0.25, 0.3) is 5.56 Å². The topological polar surface area (TPSA) is 66.9 Å². The summed E-state index contributed by atoms with van der Waals surface area (Å²) in [7, 11) is 0. The van der Waals surface area contributed by atoms with E-state index in [1.807, 2.05) is 38.1 Å². The number of fused-ring (bicyclic) bond motifs is 1. The maximum absolute atomic E-state index is 12.8. The van der Waals surface area contributed by atoms with Crippen molar-refractivity contribution in [2.75, 3.05) is 5.32 Å². The summed E-state index contributed by atoms with van der Waals surface area (Å²) in [5.74, 6) is 0.0125. The lowest BCUT2D eigenvalue weighted by Crippen LogP contribution is -2.29. The zero-order valence-corrected chi connectivity index (χ0v) is 17.5. The number of aryl methyl sites for hydroxylation is 2. The summed E-state index contributed by atoms with van der Waals surface area (Å²) in [5.41, 5.74) is 2.65. The van der Waals surface area contributed by atoms with Crippen LogP contribution in [0.5, 0.6) is 0 Å². The molecule has 0 unspecified atom stereocenters. The molecule has 3 aromatic rings. The molecular weight excluding hydrogens is 378 g/mol. The molecule has 0 spiro atoms. The molecule has 3 rings (SSSR count). The van der Waals surface area contributed by atoms with Gasteiger partial charge >= 0.3 is 0 Å². The largest absolute Gasteiger partial charge is 0.324 e. The third-order valence-electron chi connectivity index (χ3n) is 4.57. The van der Waals surface area contributed by atoms with Gasteiger partial charge in [-0.1, -0.05) is 39.0 Å². The SMILES string of the molecule is CCc1cc2c(=O)n(CC(=O)Nc3c(C)cccc3C(C)C)c(=S)[nH]c2s1. The number of H-pyrrole nitrogens is 1. The summed E-state index contributed by atoms with van der Waals surface area (Å²) in [6.45, 7) is 8.05. The van der Waals surface area contributed by atoms with Gasteiger partial charge < -0.3 is 10.3 Å². The molecule has 0 saturated carbocycles. The quantitative estimate of drug-likeness (QED) is 0.606. The Morgan fingerprint density at radius 2 is 2.11 bits per heavy atom. The predicted molar refractivity (Wildman–Crippen MR) is 115 cm³/mol. The molecule has 142 valence electrons. The van der Waals surface area contributed by atoms with Gasteiger partial charge in [-0.15, -0.1) is 11.3 Å². The van der Waals surface area contributed by atoms with Crippen LogP contribution in [0.3, 0.4) is 0 Å². The van der Waals surface area contributed by atoms with Crippen LogP contribution in [-0.2, 0) is 17.8 Å². The highest BCUT2D eigenvalue weighted by Gasteiger charge is 2.15. The van der Waals surface area contributed by atoms with E-state index in [4.69, 9.17) is 12.2 Å². The second-order valence-corrected chi connectivity index (χ2v) is 8.40. The van der Waals surface area contributed by atoms with Crippen molar-refractivity contribution in [3.05, 3.63) is 55.4 Å². The summed E-state index contributed by atoms with van der Waals surface area (Å²) in [4.78, 5) is 30.4. The molecule has 2 aromatic heterocycles. The van der Waals surface area contributed by atoms with Gasteiger partial charge in [-0.25, -0.2) is 0 Å². The number of rotatable bonds is 5. The minimum atomic E-state index is -0.266. The van der Waals surface area contributed by atoms with Gasteiger partial charge in [0.15, 0.2) is 4.77 Å². The summed E-state index contributed by atoms with van der Waals surface area (Å²) < 4.78 is 1.59. The lowest BCUT2D eigenvalue weighted by atomic mass is 9.98. The second kappa shape index (κ2) is 7.78. The van der Waals surface area contributed by atoms with Crippen LogP contribution >= 0.6 is 23.6 Å². The van der Waals surface area contributed by atoms with E-state index in [-0.39, 0.29) is 28.7 Å². The number of benzene rings is 1. The van der Waals surface area contributed by atoms with Gasteiger partial charge in [0, 0.05) is 10.6 Å². The predicted octanol–water partition coefficient (Wildman–Crippen LogP) is 4.75. The number of nitrogens with one attached hydrogen (secondary N) is 2. The fourth-order valence-electron chi connectivity index (χ4n) is 3.08. The number of hydrogen-bond donors (Lipinski definition) is 2. The molecule has 0 aliphatic carbocycles. The molecule has 0 radical (unpaired) electrons. The number of anilines is 1. The van der Waals surface area contributed by atoms with E-state index in [9.17, 15) is 9.59 Å². The third-order valence-corrected chi connectivity index (χ3v) is 6.08. The Balaban J connectivity index is 1.94. The molecule has 1 amide bonds. The first-order valence-electron chi connectivity index (χ1n) is 8.96. The first kappa shape index (κ1) is 19.5. The number of amides is 1. The standard InChI is InChI=1S/C20H23N3O2S2/c1-5-13-9-15-18(27-13)22-20(26)23(19(15)25)10-16(24)21-17-12(4)7-6-8-14(17)11(2)3/h6-9,11H,5,10H2,1-4H3,(H,21,24)(H,22,26). The number of hydrogen-bond acceptors (Lipinski definition) is 4. The first-order valence-corrected chi connectivity index (χ1v) is 10.2. The third kappa shape index (κ3) is 3.89. The summed E-state index contributed by atoms with van der Waals surface area (Å²) in [5, 5.41) is 3.55. The minimum Gasteiger partial charge on any atom is -0.324 e. The van der Waals surface area contributed by atoms with Crippen LogP contribution in [0.15, 0.2) is 29.1 Å². The van der Waals surface area contributed by atoms with Crippen molar-refractivity contribution in [3.63, 3.8) is 0 Å². The number of carbonyl (C=O) groups is 1. The fraction of sp³-hybridized carbons (Fsp3) is 0.350. The van der Waals surface area contributed by atoms with Gasteiger partial charge in [-0.05, 0) is 48.7 Å². The van der Waals surface area contributed by atoms with Crippen molar-refractivity contribution in [2.45, 2.75) is 46.6 Å². The molecule has 7 heteroatoms. The summed E-state index contributed by atoms with van der Waals surface area (Å²) in [6.07, 6.45) is 0.852. The normalized spacial score (nSPS) is 11.3. The molecule has 0 aliphatic rings. The molecular formula is C20H23N3O2S2. The molecule has 27 heavy (non-hydrogen) atoms. The number of aromatic amines is 1. The number of para-hydroxylation sites is 1. The second-order valence-electron chi connectivity index (χ2n) is 6.87. The number of carbonyl (C=O) groups excluding carboxylic acids is 1. The molecule has 0 fully saturated rings. The lowest BCUT2D eigenvalue weighted by Gasteiger charge is -2.16. The molecule has 2 N–H and O–H groups in total. The van der Waals surface area contributed by atoms with Gasteiger partial charge in [-0.3, -0.25) is 14.2 Å². The van der Waals surface area contributed by atoms with Gasteiger partial charge in [0.2, 0.25) is 5.91 Å². The van der Waals surface area contributed by atoms with Gasteiger partial charge in [0.05, 0.1) is 5.39 Å². The van der Waals surface area contributed by atoms with Crippen LogP contribution in [-0.4, -0.2) is 15.5 Å². The highest BCUT2D eigenvalue weighted by Crippen LogP contribution is 2.27. The van der Waals surface area contributed by atoms with E-state index in [0.29, 0.717) is 5.39 Å². The Morgan fingerprint density at radius 3 is 2.78 bits per heavy atom. The van der Waals surface area contributed by atoms with Crippen molar-refractivity contribution >= 4 is 45.4 Å². The van der Waals surface area contributed by atoms with Crippen molar-refractivity contribution < 1.29 is 4.79 Å². The van der Waals surface area contributed by atoms with Crippen molar-refractivity contribution in [3.8, 4) is 0 Å². The number of nitrogens with zero attached hydrogens (tertiary/aromatic N) is 1. The van der Waals surface area contributed by atoms with Crippen LogP contribution < -0.4 is 10.9 Å². The van der Waals surface area contributed by atoms with E-state index < -0.39 is 0 Å². The fourth-order valence-corrected chi connectivity index (χ4v) is 4.38. The van der Waals surface area contributed by atoms with Crippen LogP contribution in [0, 0.1) is 11.7 Å². The maximum atomic E-state index is 12.8. The zero-order chi connectivity index (χ0) is 19.7. The Morgan fingerprint density at radius 1 is 1.37 bits per heavy atom. The van der Waals surface area contributed by atoms with Gasteiger partial charge in [-0.2, -0.15) is 0 Å². The summed E-state index contributed by atoms with van der Waals surface area (Å²) in [6, 6.07) is 7.83. The monoisotopic (exact) mass is 401 g/mol. The molecule has 0 atom stereocenters. The zero-order valence-electron chi connectivity index (χ0n) is 15.9. The smallest absolute Gasteiger partial charge is 0.263 e. The van der Waals surface area contributed by atoms with Crippen LogP contribution in [0.1, 0.15) is 42.7 Å². The molecule has 1 aromatic carbocycles. The Kier molecular flexibility index (Phi) is 5.62. The molecule has 2 heterocycles. The van der Waals surface area contributed by atoms with Crippen molar-refractivity contribution in [1.82, 2.24) is 9.55 Å². The first-order chi connectivity index (χ1) is 12.8. The van der Waals surface area contributed by atoms with E-state index in [1.54, 1.807) is 0 Å². The highest BCUT2D eigenvalue weighted by atomic mass is 32.1. The van der Waals surface area contributed by atoms with E-state index in [2.05, 4.69) is 24.1 Å². The van der Waals surface area contributed by atoms with E-state index in [1.165, 1.54) is 15.9 Å². The van der Waals surface area contributed by atoms with Crippen LogP contribution in [0.2, 0.25) is 0 Å². The summed E-state index contributed by atoms with van der Waals surface area (Å²) >= 11 is 6.85. The average molecular weight is 402 g/mol. The number of thiophene rings is 1. The Hall–Kier alpha value is -2.25. The van der Waals surface area contributed by atoms with Crippen LogP contribution in [0.4, 0.5) is 5.69 Å².